The van der Waals surface area contributed by atoms with Crippen molar-refractivity contribution in [2.24, 2.45) is 4.99 Å². The average Bonchev–Trinajstić information content (AvgIpc) is 3.29. The number of hydrogen-bond donors (Lipinski definition) is 0. The lowest BCUT2D eigenvalue weighted by Crippen LogP contribution is -2.61. The van der Waals surface area contributed by atoms with E-state index in [0.29, 0.717) is 12.0 Å². The van der Waals surface area contributed by atoms with Crippen molar-refractivity contribution in [3.63, 3.8) is 0 Å². The predicted octanol–water partition coefficient (Wildman–Crippen LogP) is 4.99. The Balaban J connectivity index is 1.57. The number of nitrogens with zero attached hydrogens (tertiary/aromatic N) is 3. The summed E-state index contributed by atoms with van der Waals surface area (Å²) in [5.74, 6) is -1.53. The number of amides is 1. The number of non-ortho nitro benzene ring substituents is 1. The lowest BCUT2D eigenvalue weighted by molar-refractivity contribution is -0.384. The molecule has 4 rings (SSSR count). The van der Waals surface area contributed by atoms with Crippen LogP contribution in [0.3, 0.4) is 0 Å². The molecule has 0 saturated carbocycles. The molecular formula is C26H28N3O9PS. The Morgan fingerprint density at radius 2 is 1.73 bits per heavy atom. The van der Waals surface area contributed by atoms with Gasteiger partial charge in [0.2, 0.25) is 0 Å². The van der Waals surface area contributed by atoms with Gasteiger partial charge in [0.05, 0.1) is 23.2 Å². The van der Waals surface area contributed by atoms with Gasteiger partial charge in [0.25, 0.3) is 11.6 Å². The molecule has 2 aromatic carbocycles. The van der Waals surface area contributed by atoms with Gasteiger partial charge in [-0.15, -0.1) is 0 Å². The highest BCUT2D eigenvalue weighted by Gasteiger charge is 2.56. The summed E-state index contributed by atoms with van der Waals surface area (Å²) in [7, 11) is -4.10. The number of ether oxygens (including phenoxy) is 1. The summed E-state index contributed by atoms with van der Waals surface area (Å²) in [4.78, 5) is 42.8. The number of esters is 1. The second-order valence-electron chi connectivity index (χ2n) is 8.63. The van der Waals surface area contributed by atoms with Gasteiger partial charge in [-0.3, -0.25) is 33.8 Å². The van der Waals surface area contributed by atoms with Gasteiger partial charge in [-0.05, 0) is 44.0 Å². The molecule has 2 atom stereocenters. The number of carbonyl (C=O) groups excluding carboxylic acids is 2. The highest BCUT2D eigenvalue weighted by molar-refractivity contribution is 8.14. The van der Waals surface area contributed by atoms with E-state index in [-0.39, 0.29) is 37.0 Å². The van der Waals surface area contributed by atoms with E-state index in [1.54, 1.807) is 13.8 Å². The van der Waals surface area contributed by atoms with E-state index in [2.05, 4.69) is 4.99 Å². The van der Waals surface area contributed by atoms with E-state index in [1.165, 1.54) is 47.9 Å². The van der Waals surface area contributed by atoms with Crippen LogP contribution in [0.4, 0.5) is 5.69 Å². The molecule has 2 aliphatic heterocycles. The van der Waals surface area contributed by atoms with Gasteiger partial charge in [-0.25, -0.2) is 9.36 Å². The molecule has 12 nitrogen and oxygen atoms in total. The van der Waals surface area contributed by atoms with Crippen molar-refractivity contribution in [1.29, 1.82) is 0 Å². The molecule has 1 saturated heterocycles. The van der Waals surface area contributed by atoms with Crippen molar-refractivity contribution in [1.82, 2.24) is 4.90 Å². The first-order chi connectivity index (χ1) is 19.2. The lowest BCUT2D eigenvalue weighted by Gasteiger charge is -2.41. The van der Waals surface area contributed by atoms with Crippen LogP contribution in [0, 0.1) is 10.1 Å². The molecule has 0 N–H and O–H groups in total. The minimum absolute atomic E-state index is 0.0182. The van der Waals surface area contributed by atoms with Crippen LogP contribution in [0.2, 0.25) is 0 Å². The number of β-lactam (4-membered cyclic amide) rings is 1. The van der Waals surface area contributed by atoms with Gasteiger partial charge in [0.1, 0.15) is 17.7 Å². The van der Waals surface area contributed by atoms with Crippen LogP contribution in [-0.4, -0.2) is 51.4 Å². The van der Waals surface area contributed by atoms with E-state index in [0.717, 1.165) is 10.6 Å². The molecule has 0 spiro atoms. The Morgan fingerprint density at radius 3 is 2.33 bits per heavy atom. The van der Waals surface area contributed by atoms with E-state index in [1.807, 2.05) is 30.3 Å². The maximum atomic E-state index is 13.4. The summed E-state index contributed by atoms with van der Waals surface area (Å²) in [6.07, 6.45) is 0.530. The molecule has 2 unspecified atom stereocenters. The average molecular weight is 590 g/mol. The van der Waals surface area contributed by atoms with Crippen LogP contribution < -0.4 is 0 Å². The molecule has 0 radical (unpaired) electrons. The summed E-state index contributed by atoms with van der Waals surface area (Å²) < 4.78 is 34.5. The summed E-state index contributed by atoms with van der Waals surface area (Å²) in [6, 6.07) is 14.5. The number of fused-ring (bicyclic) bond motifs is 1. The Kier molecular flexibility index (Phi) is 9.41. The number of rotatable bonds is 13. The minimum atomic E-state index is -4.10. The van der Waals surface area contributed by atoms with Gasteiger partial charge < -0.3 is 9.26 Å². The van der Waals surface area contributed by atoms with Crippen molar-refractivity contribution >= 4 is 42.2 Å². The molecule has 0 bridgehead atoms. The number of carbonyl (C=O) groups is 2. The Morgan fingerprint density at radius 1 is 1.07 bits per heavy atom. The number of thioether (sulfide) groups is 1. The summed E-state index contributed by atoms with van der Waals surface area (Å²) >= 11 is 1.35. The maximum absolute atomic E-state index is 13.4. The fourth-order valence-corrected chi connectivity index (χ4v) is 6.62. The molecule has 2 aliphatic rings. The van der Waals surface area contributed by atoms with Crippen LogP contribution in [0.1, 0.15) is 31.9 Å². The highest BCUT2D eigenvalue weighted by Crippen LogP contribution is 2.52. The van der Waals surface area contributed by atoms with Crippen LogP contribution in [0.5, 0.6) is 0 Å². The number of allylic oxidation sites excluding steroid dienone is 1. The molecule has 1 amide bonds. The van der Waals surface area contributed by atoms with Crippen LogP contribution in [0.15, 0.2) is 71.0 Å². The molecule has 40 heavy (non-hydrogen) atoms. The number of hydrogen-bond acceptors (Lipinski definition) is 11. The van der Waals surface area contributed by atoms with Crippen molar-refractivity contribution in [2.75, 3.05) is 13.2 Å². The van der Waals surface area contributed by atoms with E-state index < -0.39 is 36.0 Å². The Bertz CT molecular complexity index is 1370. The van der Waals surface area contributed by atoms with Gasteiger partial charge in [-0.2, -0.15) is 0 Å². The fraction of sp³-hybridized carbons (Fsp3) is 0.346. The second-order valence-corrected chi connectivity index (χ2v) is 11.4. The van der Waals surface area contributed by atoms with E-state index in [4.69, 9.17) is 18.3 Å². The zero-order valence-electron chi connectivity index (χ0n) is 22.1. The van der Waals surface area contributed by atoms with Gasteiger partial charge >= 0.3 is 13.8 Å². The quantitative estimate of drug-likeness (QED) is 0.0595. The molecule has 0 aliphatic carbocycles. The van der Waals surface area contributed by atoms with E-state index in [9.17, 15) is 24.3 Å². The zero-order chi connectivity index (χ0) is 28.9. The van der Waals surface area contributed by atoms with E-state index >= 15 is 0 Å². The predicted molar refractivity (Wildman–Crippen MR) is 147 cm³/mol. The molecular weight excluding hydrogens is 561 g/mol. The maximum Gasteiger partial charge on any atom is 0.529 e. The third kappa shape index (κ3) is 6.61. The number of phosphoric ester groups is 1. The Labute approximate surface area is 235 Å². The van der Waals surface area contributed by atoms with Gasteiger partial charge in [0, 0.05) is 18.6 Å². The van der Waals surface area contributed by atoms with Crippen LogP contribution >= 0.6 is 19.6 Å². The number of benzene rings is 2. The second kappa shape index (κ2) is 12.8. The molecule has 2 heterocycles. The van der Waals surface area contributed by atoms with Gasteiger partial charge in [-0.1, -0.05) is 42.1 Å². The lowest BCUT2D eigenvalue weighted by atomic mass is 10.1. The normalized spacial score (nSPS) is 18.8. The first-order valence-electron chi connectivity index (χ1n) is 12.5. The number of nitro groups is 1. The monoisotopic (exact) mass is 589 g/mol. The first kappa shape index (κ1) is 29.5. The fourth-order valence-electron chi connectivity index (χ4n) is 4.07. The topological polar surface area (TPSA) is 147 Å². The van der Waals surface area contributed by atoms with Crippen molar-refractivity contribution < 1.29 is 37.4 Å². The summed E-state index contributed by atoms with van der Waals surface area (Å²) in [5.41, 5.74) is 1.16. The smallest absolute Gasteiger partial charge is 0.456 e. The highest BCUT2D eigenvalue weighted by atomic mass is 32.2. The van der Waals surface area contributed by atoms with Crippen LogP contribution in [-0.2, 0) is 45.5 Å². The van der Waals surface area contributed by atoms with Gasteiger partial charge in [0.15, 0.2) is 11.7 Å². The standard InChI is InChI=1S/C26H28N3O9PS/c1-4-36-39(34,37-5-2)38-17(3)23(26(31)35-16-19-11-13-20(14-12-19)29(32)33)28-24(30)22-25(28)40-21(27-22)15-18-9-7-6-8-10-18/h6-14,22,25H,4-5,15-16H2,1-3H3. The number of nitro benzene ring substituents is 1. The minimum Gasteiger partial charge on any atom is -0.456 e. The largest absolute Gasteiger partial charge is 0.529 e. The SMILES string of the molecule is CCOP(=O)(OCC)OC(C)=C(C(=O)OCc1ccc([N+](=O)[O-])cc1)N1C(=O)C2N=C(Cc3ccccc3)SC21. The first-order valence-corrected chi connectivity index (χ1v) is 14.8. The number of phosphoric acid groups is 1. The molecule has 212 valence electrons. The van der Waals surface area contributed by atoms with Crippen molar-refractivity contribution in [3.05, 3.63) is 87.3 Å². The Hall–Kier alpha value is -3.51. The molecule has 0 aromatic heterocycles. The van der Waals surface area contributed by atoms with Crippen molar-refractivity contribution in [3.8, 4) is 0 Å². The summed E-state index contributed by atoms with van der Waals surface area (Å²) in [5, 5.41) is 11.1. The molecule has 2 aromatic rings. The van der Waals surface area contributed by atoms with Crippen molar-refractivity contribution in [2.45, 2.75) is 45.2 Å². The van der Waals surface area contributed by atoms with Crippen LogP contribution in [0.25, 0.3) is 0 Å². The number of aliphatic imine (C=N–C) groups is 1. The third-order valence-electron chi connectivity index (χ3n) is 5.86. The summed E-state index contributed by atoms with van der Waals surface area (Å²) in [6.45, 7) is 4.39. The zero-order valence-corrected chi connectivity index (χ0v) is 23.8. The molecule has 1 fully saturated rings. The molecule has 14 heteroatoms. The number of likely N-dealkylation sites (tertiary alicyclic amines) is 1. The third-order valence-corrected chi connectivity index (χ3v) is 8.74.